The van der Waals surface area contributed by atoms with E-state index in [1.54, 1.807) is 38.1 Å². The molecule has 0 fully saturated rings. The van der Waals surface area contributed by atoms with Gasteiger partial charge in [0.15, 0.2) is 5.03 Å². The molecular weight excluding hydrogens is 292 g/mol. The second-order valence-electron chi connectivity index (χ2n) is 4.95. The molecule has 0 atom stereocenters. The Kier molecular flexibility index (Phi) is 4.45. The van der Waals surface area contributed by atoms with Crippen molar-refractivity contribution in [3.05, 3.63) is 29.2 Å². The summed E-state index contributed by atoms with van der Waals surface area (Å²) < 4.78 is 28.2. The molecule has 8 nitrogen and oxygen atoms in total. The van der Waals surface area contributed by atoms with Crippen LogP contribution in [-0.2, 0) is 30.2 Å². The molecule has 21 heavy (non-hydrogen) atoms. The number of nitrogens with zero attached hydrogens (tertiary/aromatic N) is 4. The summed E-state index contributed by atoms with van der Waals surface area (Å²) in [5.41, 5.74) is 2.24. The van der Waals surface area contributed by atoms with Gasteiger partial charge in [-0.05, 0) is 14.0 Å². The topological polar surface area (TPSA) is 95.9 Å². The molecule has 0 aromatic carbocycles. The van der Waals surface area contributed by atoms with Gasteiger partial charge >= 0.3 is 0 Å². The molecule has 0 saturated heterocycles. The van der Waals surface area contributed by atoms with Crippen molar-refractivity contribution in [2.45, 2.75) is 25.0 Å². The monoisotopic (exact) mass is 312 g/mol. The van der Waals surface area contributed by atoms with E-state index in [0.717, 1.165) is 11.3 Å². The van der Waals surface area contributed by atoms with Gasteiger partial charge in [0.1, 0.15) is 0 Å². The van der Waals surface area contributed by atoms with Crippen molar-refractivity contribution in [3.8, 4) is 0 Å². The van der Waals surface area contributed by atoms with Gasteiger partial charge in [0, 0.05) is 50.2 Å². The maximum atomic E-state index is 12.6. The van der Waals surface area contributed by atoms with Crippen LogP contribution >= 0.6 is 0 Å². The molecule has 0 aliphatic carbocycles. The van der Waals surface area contributed by atoms with Gasteiger partial charge in [-0.3, -0.25) is 9.78 Å². The van der Waals surface area contributed by atoms with E-state index in [9.17, 15) is 8.42 Å². The molecule has 0 bridgehead atoms. The van der Waals surface area contributed by atoms with Gasteiger partial charge in [-0.2, -0.15) is 14.5 Å². The first-order valence-electron chi connectivity index (χ1n) is 6.48. The Morgan fingerprint density at radius 1 is 1.48 bits per heavy atom. The zero-order valence-corrected chi connectivity index (χ0v) is 13.4. The van der Waals surface area contributed by atoms with Crippen molar-refractivity contribution in [2.75, 3.05) is 14.1 Å². The summed E-state index contributed by atoms with van der Waals surface area (Å²) >= 11 is 0. The lowest BCUT2D eigenvalue weighted by Gasteiger charge is -2.15. The molecule has 2 aromatic heterocycles. The minimum atomic E-state index is -3.65. The van der Waals surface area contributed by atoms with Gasteiger partial charge in [-0.15, -0.1) is 0 Å². The van der Waals surface area contributed by atoms with Crippen molar-refractivity contribution >= 4 is 10.0 Å². The van der Waals surface area contributed by atoms with Crippen LogP contribution in [0.5, 0.6) is 0 Å². The Balaban J connectivity index is 2.28. The molecule has 116 valence electrons. The molecule has 9 heteroatoms. The highest BCUT2D eigenvalue weighted by molar-refractivity contribution is 7.89. The van der Waals surface area contributed by atoms with Crippen LogP contribution in [0, 0.1) is 6.92 Å². The molecule has 0 aliphatic heterocycles. The Morgan fingerprint density at radius 3 is 2.76 bits per heavy atom. The standard InChI is InChI=1S/C12H20N6O2S/c1-9-11(6-13-2)12(16-15-9)21(19,20)18(4)8-10-5-14-17(3)7-10/h5,7,13H,6,8H2,1-4H3,(H,15,16). The highest BCUT2D eigenvalue weighted by atomic mass is 32.2. The van der Waals surface area contributed by atoms with Crippen LogP contribution in [0.2, 0.25) is 0 Å². The van der Waals surface area contributed by atoms with Crippen LogP contribution in [0.4, 0.5) is 0 Å². The summed E-state index contributed by atoms with van der Waals surface area (Å²) in [7, 11) is 1.45. The summed E-state index contributed by atoms with van der Waals surface area (Å²) in [4.78, 5) is 0. The van der Waals surface area contributed by atoms with Crippen molar-refractivity contribution in [1.82, 2.24) is 29.6 Å². The summed E-state index contributed by atoms with van der Waals surface area (Å²) in [6.45, 7) is 2.50. The van der Waals surface area contributed by atoms with E-state index in [2.05, 4.69) is 20.6 Å². The number of sulfonamides is 1. The zero-order valence-electron chi connectivity index (χ0n) is 12.6. The van der Waals surface area contributed by atoms with E-state index in [0.29, 0.717) is 12.1 Å². The van der Waals surface area contributed by atoms with Crippen molar-refractivity contribution < 1.29 is 8.42 Å². The van der Waals surface area contributed by atoms with Crippen LogP contribution < -0.4 is 5.32 Å². The lowest BCUT2D eigenvalue weighted by atomic mass is 10.3. The fourth-order valence-corrected chi connectivity index (χ4v) is 3.38. The van der Waals surface area contributed by atoms with E-state index in [4.69, 9.17) is 0 Å². The Bertz CT molecular complexity index is 718. The molecule has 2 N–H and O–H groups in total. The first-order chi connectivity index (χ1) is 9.86. The summed E-state index contributed by atoms with van der Waals surface area (Å²) in [5.74, 6) is 0. The van der Waals surface area contributed by atoms with E-state index >= 15 is 0 Å². The Morgan fingerprint density at radius 2 is 2.19 bits per heavy atom. The maximum absolute atomic E-state index is 12.6. The smallest absolute Gasteiger partial charge is 0.262 e. The molecular formula is C12H20N6O2S. The van der Waals surface area contributed by atoms with Crippen LogP contribution in [0.25, 0.3) is 0 Å². The van der Waals surface area contributed by atoms with E-state index < -0.39 is 10.0 Å². The number of nitrogens with one attached hydrogen (secondary N) is 2. The van der Waals surface area contributed by atoms with Gasteiger partial charge in [-0.25, -0.2) is 8.42 Å². The number of rotatable bonds is 6. The summed E-state index contributed by atoms with van der Waals surface area (Å²) in [6, 6.07) is 0. The number of H-pyrrole nitrogens is 1. The van der Waals surface area contributed by atoms with Crippen molar-refractivity contribution in [3.63, 3.8) is 0 Å². The third-order valence-corrected chi connectivity index (χ3v) is 4.98. The fraction of sp³-hybridized carbons (Fsp3) is 0.500. The first-order valence-corrected chi connectivity index (χ1v) is 7.92. The van der Waals surface area contributed by atoms with Gasteiger partial charge in [-0.1, -0.05) is 0 Å². The minimum Gasteiger partial charge on any atom is -0.316 e. The second kappa shape index (κ2) is 5.96. The van der Waals surface area contributed by atoms with Gasteiger partial charge in [0.25, 0.3) is 10.0 Å². The number of aromatic amines is 1. The first kappa shape index (κ1) is 15.7. The third kappa shape index (κ3) is 3.14. The van der Waals surface area contributed by atoms with Gasteiger partial charge < -0.3 is 5.32 Å². The number of hydrogen-bond acceptors (Lipinski definition) is 5. The van der Waals surface area contributed by atoms with Crippen LogP contribution in [0.1, 0.15) is 16.8 Å². The minimum absolute atomic E-state index is 0.0701. The predicted molar refractivity (Wildman–Crippen MR) is 77.9 cm³/mol. The maximum Gasteiger partial charge on any atom is 0.262 e. The largest absolute Gasteiger partial charge is 0.316 e. The van der Waals surface area contributed by atoms with E-state index in [1.807, 2.05) is 0 Å². The van der Waals surface area contributed by atoms with E-state index in [-0.39, 0.29) is 11.6 Å². The predicted octanol–water partition coefficient (Wildman–Crippen LogP) is -0.00828. The second-order valence-corrected chi connectivity index (χ2v) is 6.91. The van der Waals surface area contributed by atoms with Crippen molar-refractivity contribution in [1.29, 1.82) is 0 Å². The molecule has 0 aliphatic rings. The fourth-order valence-electron chi connectivity index (χ4n) is 2.07. The average molecular weight is 312 g/mol. The molecule has 0 saturated carbocycles. The quantitative estimate of drug-likeness (QED) is 0.782. The number of aryl methyl sites for hydroxylation is 2. The van der Waals surface area contributed by atoms with Gasteiger partial charge in [0.05, 0.1) is 6.20 Å². The SMILES string of the molecule is CNCc1c(S(=O)(=O)N(C)Cc2cnn(C)c2)n[nH]c1C. The highest BCUT2D eigenvalue weighted by Crippen LogP contribution is 2.20. The molecule has 2 aromatic rings. The number of hydrogen-bond donors (Lipinski definition) is 2. The molecule has 0 amide bonds. The zero-order chi connectivity index (χ0) is 15.6. The molecule has 2 heterocycles. The lowest BCUT2D eigenvalue weighted by molar-refractivity contribution is 0.462. The normalized spacial score (nSPS) is 12.2. The molecule has 0 unspecified atom stereocenters. The lowest BCUT2D eigenvalue weighted by Crippen LogP contribution is -2.28. The average Bonchev–Trinajstić information content (AvgIpc) is 2.98. The third-order valence-electron chi connectivity index (χ3n) is 3.21. The van der Waals surface area contributed by atoms with Crippen LogP contribution in [-0.4, -0.2) is 46.8 Å². The van der Waals surface area contributed by atoms with E-state index in [1.165, 1.54) is 11.4 Å². The van der Waals surface area contributed by atoms with Crippen LogP contribution in [0.3, 0.4) is 0 Å². The van der Waals surface area contributed by atoms with Crippen LogP contribution in [0.15, 0.2) is 17.4 Å². The Labute approximate surface area is 124 Å². The van der Waals surface area contributed by atoms with Crippen molar-refractivity contribution in [2.24, 2.45) is 7.05 Å². The summed E-state index contributed by atoms with van der Waals surface area (Å²) in [6.07, 6.45) is 3.44. The molecule has 0 radical (unpaired) electrons. The molecule has 0 spiro atoms. The molecule has 2 rings (SSSR count). The summed E-state index contributed by atoms with van der Waals surface area (Å²) in [5, 5.41) is 13.8. The highest BCUT2D eigenvalue weighted by Gasteiger charge is 2.28. The number of aromatic nitrogens is 4. The Hall–Kier alpha value is -1.71. The van der Waals surface area contributed by atoms with Gasteiger partial charge in [0.2, 0.25) is 0 Å².